The van der Waals surface area contributed by atoms with Gasteiger partial charge >= 0.3 is 0 Å². The second-order valence-corrected chi connectivity index (χ2v) is 6.58. The van der Waals surface area contributed by atoms with Crippen LogP contribution in [0.4, 0.5) is 0 Å². The van der Waals surface area contributed by atoms with Crippen LogP contribution in [0.2, 0.25) is 0 Å². The number of nitrogens with zero attached hydrogens (tertiary/aromatic N) is 1. The van der Waals surface area contributed by atoms with Gasteiger partial charge in [0.2, 0.25) is 0 Å². The van der Waals surface area contributed by atoms with E-state index in [-0.39, 0.29) is 0 Å². The molecule has 23 heavy (non-hydrogen) atoms. The van der Waals surface area contributed by atoms with Crippen molar-refractivity contribution in [3.8, 4) is 11.5 Å². The summed E-state index contributed by atoms with van der Waals surface area (Å²) in [4.78, 5) is 4.40. The summed E-state index contributed by atoms with van der Waals surface area (Å²) in [5, 5.41) is 0.565. The number of thioether (sulfide) groups is 1. The zero-order chi connectivity index (χ0) is 16.7. The van der Waals surface area contributed by atoms with Crippen molar-refractivity contribution in [2.45, 2.75) is 12.3 Å². The third-order valence-electron chi connectivity index (χ3n) is 3.19. The summed E-state index contributed by atoms with van der Waals surface area (Å²) >= 11 is 5.04. The van der Waals surface area contributed by atoms with Crippen LogP contribution in [0.1, 0.15) is 11.1 Å². The first-order chi connectivity index (χ1) is 11.1. The summed E-state index contributed by atoms with van der Waals surface area (Å²) in [6.45, 7) is 0.590. The molecule has 0 spiro atoms. The summed E-state index contributed by atoms with van der Waals surface area (Å²) in [5.74, 6) is 2.09. The van der Waals surface area contributed by atoms with Gasteiger partial charge in [-0.1, -0.05) is 58.0 Å². The minimum atomic E-state index is 0.565. The molecule has 0 radical (unpaired) electrons. The van der Waals surface area contributed by atoms with Crippen LogP contribution in [-0.4, -0.2) is 19.4 Å². The lowest BCUT2D eigenvalue weighted by Gasteiger charge is -2.11. The highest BCUT2D eigenvalue weighted by Crippen LogP contribution is 2.34. The van der Waals surface area contributed by atoms with Gasteiger partial charge < -0.3 is 15.2 Å². The number of halogens is 1. The molecule has 2 rings (SSSR count). The molecular formula is C17H19BrN2O2S. The molecule has 0 saturated heterocycles. The third-order valence-corrected chi connectivity index (χ3v) is 4.81. The molecule has 0 unspecified atom stereocenters. The maximum atomic E-state index is 5.99. The van der Waals surface area contributed by atoms with Crippen LogP contribution in [0.5, 0.6) is 11.5 Å². The van der Waals surface area contributed by atoms with Gasteiger partial charge in [-0.2, -0.15) is 0 Å². The van der Waals surface area contributed by atoms with Crippen LogP contribution in [0, 0.1) is 0 Å². The maximum absolute atomic E-state index is 5.99. The highest BCUT2D eigenvalue weighted by atomic mass is 79.9. The van der Waals surface area contributed by atoms with Crippen molar-refractivity contribution in [1.29, 1.82) is 0 Å². The molecule has 2 N–H and O–H groups in total. The summed E-state index contributed by atoms with van der Waals surface area (Å²) < 4.78 is 11.6. The summed E-state index contributed by atoms with van der Waals surface area (Å²) in [7, 11) is 3.24. The minimum absolute atomic E-state index is 0.565. The molecule has 0 amide bonds. The predicted octanol–water partition coefficient (Wildman–Crippen LogP) is 4.21. The number of hydrogen-bond acceptors (Lipinski definition) is 4. The number of amidine groups is 1. The Morgan fingerprint density at radius 1 is 1.13 bits per heavy atom. The molecule has 0 saturated carbocycles. The molecule has 122 valence electrons. The third kappa shape index (κ3) is 5.18. The van der Waals surface area contributed by atoms with E-state index in [9.17, 15) is 0 Å². The molecule has 0 heterocycles. The van der Waals surface area contributed by atoms with Gasteiger partial charge in [0.1, 0.15) is 0 Å². The van der Waals surface area contributed by atoms with Gasteiger partial charge in [0, 0.05) is 10.2 Å². The predicted molar refractivity (Wildman–Crippen MR) is 100 cm³/mol. The second kappa shape index (κ2) is 8.84. The molecule has 2 aromatic carbocycles. The average molecular weight is 395 g/mol. The van der Waals surface area contributed by atoms with Crippen molar-refractivity contribution < 1.29 is 9.47 Å². The lowest BCUT2D eigenvalue weighted by Crippen LogP contribution is -2.07. The Balaban J connectivity index is 1.99. The monoisotopic (exact) mass is 394 g/mol. The molecule has 4 nitrogen and oxygen atoms in total. The number of benzene rings is 2. The van der Waals surface area contributed by atoms with Crippen molar-refractivity contribution >= 4 is 32.9 Å². The van der Waals surface area contributed by atoms with Gasteiger partial charge in [-0.3, -0.25) is 4.99 Å². The SMILES string of the molecule is COc1cc(Br)c(CSC(N)=NCc2ccccc2)cc1OC. The van der Waals surface area contributed by atoms with Gasteiger partial charge in [0.15, 0.2) is 16.7 Å². The first-order valence-corrected chi connectivity index (χ1v) is 8.79. The normalized spacial score (nSPS) is 11.3. The zero-order valence-electron chi connectivity index (χ0n) is 13.1. The summed E-state index contributed by atoms with van der Waals surface area (Å²) in [6.07, 6.45) is 0. The Morgan fingerprint density at radius 2 is 1.78 bits per heavy atom. The van der Waals surface area contributed by atoms with E-state index in [1.807, 2.05) is 42.5 Å². The highest BCUT2D eigenvalue weighted by molar-refractivity contribution is 9.10. The molecule has 6 heteroatoms. The number of ether oxygens (including phenoxy) is 2. The number of methoxy groups -OCH3 is 2. The summed E-state index contributed by atoms with van der Waals surface area (Å²) in [5.41, 5.74) is 8.20. The average Bonchev–Trinajstić information content (AvgIpc) is 2.59. The molecule has 0 fully saturated rings. The van der Waals surface area contributed by atoms with Crippen molar-refractivity contribution in [3.05, 3.63) is 58.1 Å². The Bertz CT molecular complexity index is 678. The van der Waals surface area contributed by atoms with Crippen molar-refractivity contribution in [2.24, 2.45) is 10.7 Å². The van der Waals surface area contributed by atoms with E-state index in [4.69, 9.17) is 15.2 Å². The number of hydrogen-bond donors (Lipinski definition) is 1. The fraction of sp³-hybridized carbons (Fsp3) is 0.235. The van der Waals surface area contributed by atoms with Gasteiger partial charge in [0.25, 0.3) is 0 Å². The van der Waals surface area contributed by atoms with Crippen LogP contribution >= 0.6 is 27.7 Å². The largest absolute Gasteiger partial charge is 0.493 e. The van der Waals surface area contributed by atoms with Crippen LogP contribution in [0.25, 0.3) is 0 Å². The summed E-state index contributed by atoms with van der Waals surface area (Å²) in [6, 6.07) is 13.9. The van der Waals surface area contributed by atoms with Gasteiger partial charge in [-0.05, 0) is 23.3 Å². The molecule has 0 atom stereocenters. The van der Waals surface area contributed by atoms with Gasteiger partial charge in [-0.25, -0.2) is 0 Å². The molecule has 0 aliphatic rings. The van der Waals surface area contributed by atoms with Crippen LogP contribution in [0.3, 0.4) is 0 Å². The van der Waals surface area contributed by atoms with E-state index in [1.165, 1.54) is 11.8 Å². The van der Waals surface area contributed by atoms with Crippen molar-refractivity contribution in [2.75, 3.05) is 14.2 Å². The van der Waals surface area contributed by atoms with Gasteiger partial charge in [0.05, 0.1) is 20.8 Å². The number of aliphatic imine (C=N–C) groups is 1. The lowest BCUT2D eigenvalue weighted by molar-refractivity contribution is 0.354. The quantitative estimate of drug-likeness (QED) is 0.588. The first kappa shape index (κ1) is 17.7. The van der Waals surface area contributed by atoms with E-state index in [0.29, 0.717) is 29.0 Å². The lowest BCUT2D eigenvalue weighted by atomic mass is 10.2. The Hall–Kier alpha value is -1.66. The zero-order valence-corrected chi connectivity index (χ0v) is 15.5. The Morgan fingerprint density at radius 3 is 2.43 bits per heavy atom. The molecule has 2 aromatic rings. The number of rotatable bonds is 6. The minimum Gasteiger partial charge on any atom is -0.493 e. The van der Waals surface area contributed by atoms with E-state index >= 15 is 0 Å². The van der Waals surface area contributed by atoms with Crippen molar-refractivity contribution in [1.82, 2.24) is 0 Å². The van der Waals surface area contributed by atoms with Gasteiger partial charge in [-0.15, -0.1) is 0 Å². The second-order valence-electron chi connectivity index (χ2n) is 4.73. The molecular weight excluding hydrogens is 376 g/mol. The molecule has 0 aliphatic carbocycles. The van der Waals surface area contributed by atoms with Crippen LogP contribution < -0.4 is 15.2 Å². The topological polar surface area (TPSA) is 56.8 Å². The smallest absolute Gasteiger partial charge is 0.161 e. The van der Waals surface area contributed by atoms with E-state index < -0.39 is 0 Å². The fourth-order valence-corrected chi connectivity index (χ4v) is 3.30. The number of nitrogens with two attached hydrogens (primary N) is 1. The van der Waals surface area contributed by atoms with Crippen molar-refractivity contribution in [3.63, 3.8) is 0 Å². The molecule has 0 aliphatic heterocycles. The molecule has 0 aromatic heterocycles. The maximum Gasteiger partial charge on any atom is 0.161 e. The Labute approximate surface area is 149 Å². The fourth-order valence-electron chi connectivity index (χ4n) is 1.96. The van der Waals surface area contributed by atoms with E-state index in [0.717, 1.165) is 15.6 Å². The van der Waals surface area contributed by atoms with E-state index in [1.54, 1.807) is 14.2 Å². The first-order valence-electron chi connectivity index (χ1n) is 7.01. The van der Waals surface area contributed by atoms with Crippen LogP contribution in [-0.2, 0) is 12.3 Å². The van der Waals surface area contributed by atoms with E-state index in [2.05, 4.69) is 20.9 Å². The highest BCUT2D eigenvalue weighted by Gasteiger charge is 2.10. The molecule has 0 bridgehead atoms. The standard InChI is InChI=1S/C17H19BrN2O2S/c1-21-15-8-13(14(18)9-16(15)22-2)11-23-17(19)20-10-12-6-4-3-5-7-12/h3-9H,10-11H2,1-2H3,(H2,19,20). The Kier molecular flexibility index (Phi) is 6.80. The van der Waals surface area contributed by atoms with Crippen LogP contribution in [0.15, 0.2) is 51.9 Å².